The predicted octanol–water partition coefficient (Wildman–Crippen LogP) is 4.76. The van der Waals surface area contributed by atoms with E-state index in [0.717, 1.165) is 20.4 Å². The molecular weight excluding hydrogens is 531 g/mol. The summed E-state index contributed by atoms with van der Waals surface area (Å²) in [7, 11) is 0. The van der Waals surface area contributed by atoms with E-state index in [-0.39, 0.29) is 37.2 Å². The number of hydrogen-bond acceptors (Lipinski definition) is 5. The van der Waals surface area contributed by atoms with E-state index in [1.807, 2.05) is 50.2 Å². The first-order valence-corrected chi connectivity index (χ1v) is 11.9. The zero-order valence-electron chi connectivity index (χ0n) is 18.5. The first-order chi connectivity index (χ1) is 14.6. The summed E-state index contributed by atoms with van der Waals surface area (Å²) in [5.74, 6) is 1.58. The van der Waals surface area contributed by atoms with Crippen LogP contribution in [0.25, 0.3) is 0 Å². The molecule has 0 saturated carbocycles. The lowest BCUT2D eigenvalue weighted by Crippen LogP contribution is -2.25. The van der Waals surface area contributed by atoms with Gasteiger partial charge in [0, 0.05) is 5.41 Å². The average Bonchev–Trinajstić information content (AvgIpc) is 2.75. The van der Waals surface area contributed by atoms with E-state index in [4.69, 9.17) is 25.8 Å². The Labute approximate surface area is 203 Å². The van der Waals surface area contributed by atoms with E-state index in [2.05, 4.69) is 42.5 Å². The Bertz CT molecular complexity index is 810. The first-order valence-electron chi connectivity index (χ1n) is 10.3. The zero-order chi connectivity index (χ0) is 23.0. The van der Waals surface area contributed by atoms with Crippen LogP contribution in [0.4, 0.5) is 0 Å². The molecule has 0 aliphatic rings. The standard InChI is InChI=1S/C24H32ClIO5/c1-16(2)29-14-20(28)15-30-21-8-5-17(6-9-21)24(3,4)18-7-10-23(22(26)11-18)31-13-19(27)12-25/h5-11,16,19-20,27-28H,12-15H2,1-4H3/t19-,20-/m0/s1. The Morgan fingerprint density at radius 1 is 0.903 bits per heavy atom. The number of aliphatic hydroxyl groups excluding tert-OH is 2. The van der Waals surface area contributed by atoms with Crippen LogP contribution < -0.4 is 9.47 Å². The maximum Gasteiger partial charge on any atom is 0.132 e. The van der Waals surface area contributed by atoms with Crippen LogP contribution in [0, 0.1) is 3.57 Å². The molecule has 0 heterocycles. The Hall–Kier alpha value is -1.06. The van der Waals surface area contributed by atoms with Crippen molar-refractivity contribution in [2.45, 2.75) is 51.4 Å². The van der Waals surface area contributed by atoms with Crippen LogP contribution in [0.15, 0.2) is 42.5 Å². The van der Waals surface area contributed by atoms with E-state index in [1.165, 1.54) is 0 Å². The number of alkyl halides is 1. The van der Waals surface area contributed by atoms with Crippen LogP contribution in [-0.2, 0) is 10.2 Å². The minimum absolute atomic E-state index is 0.0806. The number of aliphatic hydroxyl groups is 2. The molecule has 5 nitrogen and oxygen atoms in total. The van der Waals surface area contributed by atoms with Gasteiger partial charge in [-0.05, 0) is 71.8 Å². The van der Waals surface area contributed by atoms with Crippen molar-refractivity contribution < 1.29 is 24.4 Å². The van der Waals surface area contributed by atoms with Crippen LogP contribution in [0.2, 0.25) is 0 Å². The number of ether oxygens (including phenoxy) is 3. The third-order valence-electron chi connectivity index (χ3n) is 4.90. The second kappa shape index (κ2) is 12.3. The molecule has 0 bridgehead atoms. The topological polar surface area (TPSA) is 68.2 Å². The largest absolute Gasteiger partial charge is 0.491 e. The van der Waals surface area contributed by atoms with Crippen molar-refractivity contribution in [3.05, 3.63) is 57.2 Å². The fraction of sp³-hybridized carbons (Fsp3) is 0.500. The fourth-order valence-corrected chi connectivity index (χ4v) is 3.68. The second-order valence-electron chi connectivity index (χ2n) is 8.26. The van der Waals surface area contributed by atoms with Gasteiger partial charge in [-0.25, -0.2) is 0 Å². The highest BCUT2D eigenvalue weighted by atomic mass is 127. The molecule has 0 saturated heterocycles. The summed E-state index contributed by atoms with van der Waals surface area (Å²) >= 11 is 7.87. The molecule has 31 heavy (non-hydrogen) atoms. The van der Waals surface area contributed by atoms with Gasteiger partial charge in [-0.15, -0.1) is 11.6 Å². The molecule has 0 aromatic heterocycles. The molecule has 0 spiro atoms. The number of halogens is 2. The zero-order valence-corrected chi connectivity index (χ0v) is 21.4. The molecule has 0 radical (unpaired) electrons. The van der Waals surface area contributed by atoms with E-state index >= 15 is 0 Å². The Morgan fingerprint density at radius 3 is 2.10 bits per heavy atom. The van der Waals surface area contributed by atoms with Crippen LogP contribution in [-0.4, -0.2) is 54.2 Å². The second-order valence-corrected chi connectivity index (χ2v) is 9.73. The Balaban J connectivity index is 2.02. The lowest BCUT2D eigenvalue weighted by Gasteiger charge is -2.27. The molecule has 0 aliphatic heterocycles. The molecule has 172 valence electrons. The minimum Gasteiger partial charge on any atom is -0.491 e. The average molecular weight is 563 g/mol. The predicted molar refractivity (Wildman–Crippen MR) is 133 cm³/mol. The van der Waals surface area contributed by atoms with Crippen molar-refractivity contribution in [2.75, 3.05) is 25.7 Å². The highest BCUT2D eigenvalue weighted by Crippen LogP contribution is 2.35. The summed E-state index contributed by atoms with van der Waals surface area (Å²) in [5.41, 5.74) is 2.07. The van der Waals surface area contributed by atoms with Gasteiger partial charge in [0.05, 0.1) is 22.2 Å². The maximum absolute atomic E-state index is 9.94. The van der Waals surface area contributed by atoms with Gasteiger partial charge in [0.2, 0.25) is 0 Å². The smallest absolute Gasteiger partial charge is 0.132 e. The van der Waals surface area contributed by atoms with Gasteiger partial charge in [-0.1, -0.05) is 32.0 Å². The lowest BCUT2D eigenvalue weighted by molar-refractivity contribution is -0.0122. The molecule has 7 heteroatoms. The highest BCUT2D eigenvalue weighted by molar-refractivity contribution is 14.1. The van der Waals surface area contributed by atoms with Crippen molar-refractivity contribution >= 4 is 34.2 Å². The molecule has 0 fully saturated rings. The van der Waals surface area contributed by atoms with Crippen molar-refractivity contribution in [3.63, 3.8) is 0 Å². The summed E-state index contributed by atoms with van der Waals surface area (Å²) in [4.78, 5) is 0. The van der Waals surface area contributed by atoms with Gasteiger partial charge < -0.3 is 24.4 Å². The van der Waals surface area contributed by atoms with E-state index in [1.54, 1.807) is 0 Å². The third-order valence-corrected chi connectivity index (χ3v) is 6.10. The quantitative estimate of drug-likeness (QED) is 0.288. The van der Waals surface area contributed by atoms with Crippen molar-refractivity contribution in [2.24, 2.45) is 0 Å². The van der Waals surface area contributed by atoms with Gasteiger partial charge in [0.1, 0.15) is 36.9 Å². The fourth-order valence-electron chi connectivity index (χ4n) is 2.92. The summed E-state index contributed by atoms with van der Waals surface area (Å²) < 4.78 is 17.7. The SMILES string of the molecule is CC(C)OC[C@H](O)COc1ccc(C(C)(C)c2ccc(OC[C@@H](O)CCl)c(I)c2)cc1. The van der Waals surface area contributed by atoms with Gasteiger partial charge in [-0.2, -0.15) is 0 Å². The summed E-state index contributed by atoms with van der Waals surface area (Å²) in [6.45, 7) is 8.81. The normalized spacial score (nSPS) is 13.8. The summed E-state index contributed by atoms with van der Waals surface area (Å²) in [6.07, 6.45) is -1.26. The summed E-state index contributed by atoms with van der Waals surface area (Å²) in [5, 5.41) is 19.5. The monoisotopic (exact) mass is 562 g/mol. The molecular formula is C24H32ClIO5. The van der Waals surface area contributed by atoms with E-state index in [9.17, 15) is 10.2 Å². The van der Waals surface area contributed by atoms with Crippen molar-refractivity contribution in [3.8, 4) is 11.5 Å². The van der Waals surface area contributed by atoms with Crippen molar-refractivity contribution in [1.29, 1.82) is 0 Å². The number of benzene rings is 2. The van der Waals surface area contributed by atoms with Crippen LogP contribution >= 0.6 is 34.2 Å². The molecule has 2 rings (SSSR count). The molecule has 0 unspecified atom stereocenters. The van der Waals surface area contributed by atoms with Gasteiger partial charge >= 0.3 is 0 Å². The Kier molecular flexibility index (Phi) is 10.4. The molecule has 2 atom stereocenters. The van der Waals surface area contributed by atoms with Gasteiger partial charge in [0.15, 0.2) is 0 Å². The van der Waals surface area contributed by atoms with E-state index in [0.29, 0.717) is 5.75 Å². The maximum atomic E-state index is 9.94. The third kappa shape index (κ3) is 8.09. The van der Waals surface area contributed by atoms with Gasteiger partial charge in [-0.3, -0.25) is 0 Å². The molecule has 0 aliphatic carbocycles. The summed E-state index contributed by atoms with van der Waals surface area (Å²) in [6, 6.07) is 14.0. The number of hydrogen-bond donors (Lipinski definition) is 2. The van der Waals surface area contributed by atoms with Gasteiger partial charge in [0.25, 0.3) is 0 Å². The lowest BCUT2D eigenvalue weighted by atomic mass is 9.78. The number of rotatable bonds is 12. The molecule has 2 aromatic carbocycles. The highest BCUT2D eigenvalue weighted by Gasteiger charge is 2.24. The minimum atomic E-state index is -0.682. The van der Waals surface area contributed by atoms with Crippen molar-refractivity contribution in [1.82, 2.24) is 0 Å². The van der Waals surface area contributed by atoms with Crippen LogP contribution in [0.5, 0.6) is 11.5 Å². The molecule has 0 amide bonds. The van der Waals surface area contributed by atoms with Crippen LogP contribution in [0.3, 0.4) is 0 Å². The Morgan fingerprint density at radius 2 is 1.52 bits per heavy atom. The molecule has 2 aromatic rings. The van der Waals surface area contributed by atoms with Crippen LogP contribution in [0.1, 0.15) is 38.8 Å². The molecule has 2 N–H and O–H groups in total. The first kappa shape index (κ1) is 26.2. The van der Waals surface area contributed by atoms with E-state index < -0.39 is 12.2 Å².